The number of phosphoric acid groups is 2. The monoisotopic (exact) mass is 1280 g/mol. The van der Waals surface area contributed by atoms with E-state index in [9.17, 15) is 43.2 Å². The van der Waals surface area contributed by atoms with Gasteiger partial charge in [-0.3, -0.25) is 37.3 Å². The molecular weight excluding hydrogens is 1150 g/mol. The molecule has 19 heteroatoms. The average molecular weight is 1280 g/mol. The Labute approximate surface area is 530 Å². The lowest BCUT2D eigenvalue weighted by atomic mass is 10.00. The van der Waals surface area contributed by atoms with Gasteiger partial charge in [-0.2, -0.15) is 0 Å². The van der Waals surface area contributed by atoms with Crippen molar-refractivity contribution < 1.29 is 80.2 Å². The van der Waals surface area contributed by atoms with Gasteiger partial charge in [-0.15, -0.1) is 0 Å². The van der Waals surface area contributed by atoms with Crippen LogP contribution >= 0.6 is 15.6 Å². The fraction of sp³-hybridized carbons (Fsp3) is 0.941. The van der Waals surface area contributed by atoms with Crippen LogP contribution in [0.4, 0.5) is 0 Å². The largest absolute Gasteiger partial charge is 0.472 e. The molecule has 0 aromatic heterocycles. The van der Waals surface area contributed by atoms with Crippen molar-refractivity contribution in [3.8, 4) is 0 Å². The Morgan fingerprint density at radius 3 is 0.874 bits per heavy atom. The molecule has 0 heterocycles. The lowest BCUT2D eigenvalue weighted by Crippen LogP contribution is -2.30. The molecule has 0 radical (unpaired) electrons. The van der Waals surface area contributed by atoms with Gasteiger partial charge in [0.1, 0.15) is 19.3 Å². The smallest absolute Gasteiger partial charge is 0.462 e. The minimum atomic E-state index is -4.95. The van der Waals surface area contributed by atoms with Crippen molar-refractivity contribution in [2.45, 2.75) is 362 Å². The van der Waals surface area contributed by atoms with Gasteiger partial charge in [0, 0.05) is 25.7 Å². The lowest BCUT2D eigenvalue weighted by molar-refractivity contribution is -0.161. The minimum absolute atomic E-state index is 0.103. The zero-order valence-electron chi connectivity index (χ0n) is 56.3. The number of rotatable bonds is 67. The molecule has 6 atom stereocenters. The number of phosphoric ester groups is 2. The molecule has 3 unspecified atom stereocenters. The number of aliphatic hydroxyl groups is 1. The number of unbranched alkanes of at least 4 members (excludes halogenated alkanes) is 36. The van der Waals surface area contributed by atoms with Crippen LogP contribution in [0.15, 0.2) is 0 Å². The van der Waals surface area contributed by atoms with Crippen LogP contribution in [0.2, 0.25) is 0 Å². The number of ether oxygens (including phenoxy) is 4. The molecule has 0 aromatic carbocycles. The van der Waals surface area contributed by atoms with Crippen LogP contribution in [0.25, 0.3) is 0 Å². The molecule has 0 bridgehead atoms. The Hall–Kier alpha value is -1.94. The van der Waals surface area contributed by atoms with Gasteiger partial charge in [-0.05, 0) is 37.5 Å². The zero-order chi connectivity index (χ0) is 64.3. The van der Waals surface area contributed by atoms with E-state index in [1.54, 1.807) is 0 Å². The van der Waals surface area contributed by atoms with Crippen LogP contribution in [-0.4, -0.2) is 96.7 Å². The lowest BCUT2D eigenvalue weighted by Gasteiger charge is -2.21. The van der Waals surface area contributed by atoms with Crippen LogP contribution in [0.5, 0.6) is 0 Å². The second-order valence-electron chi connectivity index (χ2n) is 25.3. The van der Waals surface area contributed by atoms with Crippen LogP contribution in [0.3, 0.4) is 0 Å². The van der Waals surface area contributed by atoms with Crippen LogP contribution in [-0.2, 0) is 65.4 Å². The second-order valence-corrected chi connectivity index (χ2v) is 28.2. The number of esters is 4. The highest BCUT2D eigenvalue weighted by Gasteiger charge is 2.30. The molecule has 0 aliphatic heterocycles. The fourth-order valence-corrected chi connectivity index (χ4v) is 11.8. The minimum Gasteiger partial charge on any atom is -0.462 e. The number of hydrogen-bond acceptors (Lipinski definition) is 15. The van der Waals surface area contributed by atoms with Crippen LogP contribution in [0.1, 0.15) is 343 Å². The van der Waals surface area contributed by atoms with Gasteiger partial charge in [0.05, 0.1) is 26.4 Å². The summed E-state index contributed by atoms with van der Waals surface area (Å²) in [7, 11) is -9.89. The van der Waals surface area contributed by atoms with Crippen LogP contribution < -0.4 is 0 Å². The van der Waals surface area contributed by atoms with Crippen molar-refractivity contribution >= 4 is 39.5 Å². The van der Waals surface area contributed by atoms with E-state index in [1.165, 1.54) is 148 Å². The van der Waals surface area contributed by atoms with Gasteiger partial charge >= 0.3 is 39.5 Å². The Balaban J connectivity index is 5.20. The standard InChI is InChI=1S/C68H132O17P2/c1-7-10-12-14-16-17-18-19-20-21-22-23-24-29-33-40-46-52-67(72)84-63(57-79-66(71)51-45-39-32-28-26-25-27-31-36-42-48-60(4)5)58-82-86(74,75)80-54-62(69)55-81-87(76,77)83-59-64(56-78-65(70)50-44-38-30-15-13-11-8-2)85-68(73)53-47-41-35-34-37-43-49-61(6)9-3/h60-64,69H,7-59H2,1-6H3,(H,74,75)(H,76,77)/t61?,62-,63-,64-/m1/s1. The predicted octanol–water partition coefficient (Wildman–Crippen LogP) is 19.2. The van der Waals surface area contributed by atoms with Crippen molar-refractivity contribution in [3.05, 3.63) is 0 Å². The van der Waals surface area contributed by atoms with Crippen molar-refractivity contribution in [3.63, 3.8) is 0 Å². The van der Waals surface area contributed by atoms with E-state index in [-0.39, 0.29) is 25.7 Å². The molecule has 0 saturated carbocycles. The summed E-state index contributed by atoms with van der Waals surface area (Å²) < 4.78 is 68.1. The molecule has 3 N–H and O–H groups in total. The SMILES string of the molecule is CCCCCCCCCCCCCCCCCCCC(=O)O[C@H](COC(=O)CCCCCCCCCCCCC(C)C)COP(=O)(O)OC[C@@H](O)COP(=O)(O)OC[C@@H](COC(=O)CCCCCCCCC)OC(=O)CCCCCCCCC(C)CC. The summed E-state index contributed by atoms with van der Waals surface area (Å²) >= 11 is 0. The Kier molecular flexibility index (Phi) is 59.0. The van der Waals surface area contributed by atoms with Gasteiger partial charge in [-0.25, -0.2) is 9.13 Å². The molecule has 516 valence electrons. The quantitative estimate of drug-likeness (QED) is 0.0222. The van der Waals surface area contributed by atoms with Gasteiger partial charge in [0.15, 0.2) is 12.2 Å². The topological polar surface area (TPSA) is 237 Å². The zero-order valence-corrected chi connectivity index (χ0v) is 58.1. The predicted molar refractivity (Wildman–Crippen MR) is 349 cm³/mol. The molecule has 0 spiro atoms. The molecule has 0 aromatic rings. The molecule has 17 nitrogen and oxygen atoms in total. The first kappa shape index (κ1) is 85.1. The summed E-state index contributed by atoms with van der Waals surface area (Å²) in [5, 5.41) is 10.6. The van der Waals surface area contributed by atoms with Crippen molar-refractivity contribution in [1.29, 1.82) is 0 Å². The van der Waals surface area contributed by atoms with E-state index in [1.807, 2.05) is 0 Å². The van der Waals surface area contributed by atoms with Gasteiger partial charge in [0.25, 0.3) is 0 Å². The summed E-state index contributed by atoms with van der Waals surface area (Å²) in [6.07, 6.45) is 44.6. The van der Waals surface area contributed by atoms with Crippen LogP contribution in [0, 0.1) is 11.8 Å². The average Bonchev–Trinajstić information content (AvgIpc) is 3.71. The van der Waals surface area contributed by atoms with Gasteiger partial charge in [-0.1, -0.05) is 292 Å². The second kappa shape index (κ2) is 60.3. The van der Waals surface area contributed by atoms with E-state index >= 15 is 0 Å². The number of aliphatic hydroxyl groups excluding tert-OH is 1. The molecular formula is C68H132O17P2. The highest BCUT2D eigenvalue weighted by molar-refractivity contribution is 7.47. The Morgan fingerprint density at radius 1 is 0.333 bits per heavy atom. The van der Waals surface area contributed by atoms with Crippen molar-refractivity contribution in [2.75, 3.05) is 39.6 Å². The van der Waals surface area contributed by atoms with E-state index < -0.39 is 97.5 Å². The normalized spacial score (nSPS) is 14.5. The molecule has 0 amide bonds. The number of carbonyl (C=O) groups excluding carboxylic acids is 4. The summed E-state index contributed by atoms with van der Waals surface area (Å²) in [5.41, 5.74) is 0. The first-order valence-electron chi connectivity index (χ1n) is 35.5. The third-order valence-electron chi connectivity index (χ3n) is 16.1. The van der Waals surface area contributed by atoms with E-state index in [2.05, 4.69) is 41.5 Å². The third kappa shape index (κ3) is 61.3. The molecule has 0 fully saturated rings. The highest BCUT2D eigenvalue weighted by Crippen LogP contribution is 2.45. The Morgan fingerprint density at radius 2 is 0.586 bits per heavy atom. The summed E-state index contributed by atoms with van der Waals surface area (Å²) in [5.74, 6) is -0.655. The maximum Gasteiger partial charge on any atom is 0.472 e. The van der Waals surface area contributed by atoms with Gasteiger partial charge in [0.2, 0.25) is 0 Å². The maximum absolute atomic E-state index is 13.0. The first-order chi connectivity index (χ1) is 41.9. The van der Waals surface area contributed by atoms with Crippen molar-refractivity contribution in [1.82, 2.24) is 0 Å². The fourth-order valence-electron chi connectivity index (χ4n) is 10.2. The number of carbonyl (C=O) groups is 4. The molecule has 87 heavy (non-hydrogen) atoms. The highest BCUT2D eigenvalue weighted by atomic mass is 31.2. The molecule has 0 aliphatic carbocycles. The summed E-state index contributed by atoms with van der Waals surface area (Å²) in [4.78, 5) is 72.3. The third-order valence-corrected chi connectivity index (χ3v) is 18.0. The molecule has 0 saturated heterocycles. The van der Waals surface area contributed by atoms with E-state index in [0.717, 1.165) is 115 Å². The van der Waals surface area contributed by atoms with Crippen molar-refractivity contribution in [2.24, 2.45) is 11.8 Å². The van der Waals surface area contributed by atoms with Gasteiger partial charge < -0.3 is 33.8 Å². The summed E-state index contributed by atoms with van der Waals surface area (Å²) in [6.45, 7) is 9.44. The van der Waals surface area contributed by atoms with E-state index in [4.69, 9.17) is 37.0 Å². The molecule has 0 rings (SSSR count). The van der Waals surface area contributed by atoms with E-state index in [0.29, 0.717) is 25.7 Å². The Bertz CT molecular complexity index is 1700. The first-order valence-corrected chi connectivity index (χ1v) is 38.5. The summed E-state index contributed by atoms with van der Waals surface area (Å²) in [6, 6.07) is 0. The maximum atomic E-state index is 13.0. The number of hydrogen-bond donors (Lipinski definition) is 3. The molecule has 0 aliphatic rings.